The zero-order valence-corrected chi connectivity index (χ0v) is 7.33. The van der Waals surface area contributed by atoms with E-state index in [9.17, 15) is 9.59 Å². The largest absolute Gasteiger partial charge is 0.326 e. The molecule has 0 bridgehead atoms. The SMILES string of the molecule is CC1Cc2c([nH]c(=O)[nH]c2=O)S1. The number of aromatic nitrogens is 2. The second kappa shape index (κ2) is 2.52. The van der Waals surface area contributed by atoms with Crippen LogP contribution in [-0.2, 0) is 6.42 Å². The standard InChI is InChI=1S/C7H8N2O2S/c1-3-2-4-5(10)8-7(11)9-6(4)12-3/h3H,2H2,1H3,(H2,8,9,10,11). The molecule has 0 aromatic carbocycles. The molecule has 1 atom stereocenters. The van der Waals surface area contributed by atoms with Crippen molar-refractivity contribution >= 4 is 11.8 Å². The lowest BCUT2D eigenvalue weighted by atomic mass is 10.2. The summed E-state index contributed by atoms with van der Waals surface area (Å²) in [6.07, 6.45) is 0.742. The van der Waals surface area contributed by atoms with Gasteiger partial charge in [0.25, 0.3) is 5.56 Å². The fourth-order valence-corrected chi connectivity index (χ4v) is 2.43. The molecule has 0 saturated carbocycles. The lowest BCUT2D eigenvalue weighted by Crippen LogP contribution is -2.25. The summed E-state index contributed by atoms with van der Waals surface area (Å²) >= 11 is 1.54. The highest BCUT2D eigenvalue weighted by atomic mass is 32.2. The molecule has 0 aliphatic carbocycles. The average molecular weight is 184 g/mol. The summed E-state index contributed by atoms with van der Waals surface area (Å²) in [4.78, 5) is 26.8. The van der Waals surface area contributed by atoms with Crippen molar-refractivity contribution in [1.29, 1.82) is 0 Å². The van der Waals surface area contributed by atoms with Crippen molar-refractivity contribution in [3.05, 3.63) is 26.4 Å². The number of rotatable bonds is 0. The molecular weight excluding hydrogens is 176 g/mol. The van der Waals surface area contributed by atoms with Crippen LogP contribution in [0.25, 0.3) is 0 Å². The zero-order valence-electron chi connectivity index (χ0n) is 6.51. The van der Waals surface area contributed by atoms with E-state index >= 15 is 0 Å². The minimum Gasteiger partial charge on any atom is -0.302 e. The van der Waals surface area contributed by atoms with Crippen LogP contribution in [0.5, 0.6) is 0 Å². The lowest BCUT2D eigenvalue weighted by Gasteiger charge is -1.93. The highest BCUT2D eigenvalue weighted by molar-refractivity contribution is 8.00. The van der Waals surface area contributed by atoms with Crippen molar-refractivity contribution in [2.75, 3.05) is 0 Å². The number of hydrogen-bond acceptors (Lipinski definition) is 3. The summed E-state index contributed by atoms with van der Waals surface area (Å²) in [5, 5.41) is 1.12. The van der Waals surface area contributed by atoms with Crippen molar-refractivity contribution in [1.82, 2.24) is 9.97 Å². The Hall–Kier alpha value is -0.970. The Balaban J connectivity index is 2.68. The van der Waals surface area contributed by atoms with E-state index in [-0.39, 0.29) is 5.56 Å². The molecule has 0 saturated heterocycles. The molecule has 0 radical (unpaired) electrons. The highest BCUT2D eigenvalue weighted by Crippen LogP contribution is 2.31. The van der Waals surface area contributed by atoms with E-state index in [1.807, 2.05) is 6.92 Å². The lowest BCUT2D eigenvalue weighted by molar-refractivity contribution is 0.869. The van der Waals surface area contributed by atoms with E-state index in [0.29, 0.717) is 10.8 Å². The number of nitrogens with one attached hydrogen (secondary N) is 2. The summed E-state index contributed by atoms with van der Waals surface area (Å²) in [6, 6.07) is 0. The Labute approximate surface area is 72.4 Å². The summed E-state index contributed by atoms with van der Waals surface area (Å²) < 4.78 is 0. The third-order valence-corrected chi connectivity index (χ3v) is 2.97. The number of H-pyrrole nitrogens is 2. The van der Waals surface area contributed by atoms with E-state index in [0.717, 1.165) is 11.4 Å². The molecule has 2 rings (SSSR count). The third kappa shape index (κ3) is 1.10. The molecule has 1 aromatic heterocycles. The number of hydrogen-bond donors (Lipinski definition) is 2. The molecule has 12 heavy (non-hydrogen) atoms. The number of fused-ring (bicyclic) bond motifs is 1. The van der Waals surface area contributed by atoms with Gasteiger partial charge >= 0.3 is 5.69 Å². The first-order chi connectivity index (χ1) is 5.66. The van der Waals surface area contributed by atoms with Crippen molar-refractivity contribution < 1.29 is 0 Å². The molecule has 0 amide bonds. The van der Waals surface area contributed by atoms with E-state index in [1.165, 1.54) is 0 Å². The monoisotopic (exact) mass is 184 g/mol. The Morgan fingerprint density at radius 1 is 1.42 bits per heavy atom. The predicted molar refractivity (Wildman–Crippen MR) is 46.7 cm³/mol. The molecule has 1 unspecified atom stereocenters. The minimum atomic E-state index is -0.416. The van der Waals surface area contributed by atoms with Gasteiger partial charge in [-0.3, -0.25) is 9.78 Å². The normalized spacial score (nSPS) is 20.9. The summed E-state index contributed by atoms with van der Waals surface area (Å²) in [6.45, 7) is 2.03. The highest BCUT2D eigenvalue weighted by Gasteiger charge is 2.22. The topological polar surface area (TPSA) is 65.7 Å². The van der Waals surface area contributed by atoms with Crippen LogP contribution in [0, 0.1) is 0 Å². The van der Waals surface area contributed by atoms with Crippen LogP contribution >= 0.6 is 11.8 Å². The van der Waals surface area contributed by atoms with Crippen molar-refractivity contribution in [3.8, 4) is 0 Å². The third-order valence-electron chi connectivity index (χ3n) is 1.81. The molecule has 1 aliphatic rings. The molecule has 0 spiro atoms. The smallest absolute Gasteiger partial charge is 0.302 e. The molecule has 1 aromatic rings. The van der Waals surface area contributed by atoms with Crippen LogP contribution in [0.1, 0.15) is 12.5 Å². The van der Waals surface area contributed by atoms with Gasteiger partial charge in [0.15, 0.2) is 0 Å². The second-order valence-electron chi connectivity index (χ2n) is 2.85. The molecule has 2 heterocycles. The van der Waals surface area contributed by atoms with Crippen LogP contribution in [0.3, 0.4) is 0 Å². The molecule has 5 heteroatoms. The van der Waals surface area contributed by atoms with Gasteiger partial charge in [0.05, 0.1) is 5.03 Å². The molecular formula is C7H8N2O2S. The summed E-state index contributed by atoms with van der Waals surface area (Å²) in [5.74, 6) is 0. The van der Waals surface area contributed by atoms with Gasteiger partial charge in [0, 0.05) is 10.8 Å². The van der Waals surface area contributed by atoms with E-state index in [1.54, 1.807) is 11.8 Å². The van der Waals surface area contributed by atoms with E-state index < -0.39 is 5.69 Å². The van der Waals surface area contributed by atoms with Gasteiger partial charge in [-0.15, -0.1) is 11.8 Å². The second-order valence-corrected chi connectivity index (χ2v) is 4.30. The maximum absolute atomic E-state index is 11.2. The average Bonchev–Trinajstić information content (AvgIpc) is 2.29. The number of aromatic amines is 2. The van der Waals surface area contributed by atoms with Crippen molar-refractivity contribution in [3.63, 3.8) is 0 Å². The molecule has 0 fully saturated rings. The Morgan fingerprint density at radius 3 is 2.92 bits per heavy atom. The summed E-state index contributed by atoms with van der Waals surface area (Å²) in [7, 11) is 0. The maximum Gasteiger partial charge on any atom is 0.326 e. The van der Waals surface area contributed by atoms with Gasteiger partial charge in [-0.05, 0) is 6.42 Å². The van der Waals surface area contributed by atoms with E-state index in [2.05, 4.69) is 9.97 Å². The van der Waals surface area contributed by atoms with Crippen molar-refractivity contribution in [2.24, 2.45) is 0 Å². The maximum atomic E-state index is 11.2. The quantitative estimate of drug-likeness (QED) is 0.562. The van der Waals surface area contributed by atoms with Gasteiger partial charge in [0.1, 0.15) is 0 Å². The Morgan fingerprint density at radius 2 is 2.17 bits per heavy atom. The van der Waals surface area contributed by atoms with Gasteiger partial charge in [0.2, 0.25) is 0 Å². The van der Waals surface area contributed by atoms with Crippen LogP contribution in [0.2, 0.25) is 0 Å². The zero-order chi connectivity index (χ0) is 8.72. The van der Waals surface area contributed by atoms with Gasteiger partial charge in [-0.1, -0.05) is 6.92 Å². The first-order valence-electron chi connectivity index (χ1n) is 3.69. The molecule has 1 aliphatic heterocycles. The fourth-order valence-electron chi connectivity index (χ4n) is 1.31. The number of thioether (sulfide) groups is 1. The first kappa shape index (κ1) is 7.67. The molecule has 2 N–H and O–H groups in total. The van der Waals surface area contributed by atoms with Gasteiger partial charge in [-0.25, -0.2) is 4.79 Å². The predicted octanol–water partition coefficient (Wildman–Crippen LogP) is 0.0999. The Bertz CT molecular complexity index is 420. The minimum absolute atomic E-state index is 0.245. The first-order valence-corrected chi connectivity index (χ1v) is 4.57. The Kier molecular flexibility index (Phi) is 1.61. The molecule has 4 nitrogen and oxygen atoms in total. The van der Waals surface area contributed by atoms with Crippen LogP contribution in [0.4, 0.5) is 0 Å². The van der Waals surface area contributed by atoms with Gasteiger partial charge < -0.3 is 4.98 Å². The van der Waals surface area contributed by atoms with Crippen LogP contribution < -0.4 is 11.2 Å². The fraction of sp³-hybridized carbons (Fsp3) is 0.429. The van der Waals surface area contributed by atoms with Crippen LogP contribution in [0.15, 0.2) is 14.6 Å². The van der Waals surface area contributed by atoms with E-state index in [4.69, 9.17) is 0 Å². The van der Waals surface area contributed by atoms with Crippen LogP contribution in [-0.4, -0.2) is 15.2 Å². The van der Waals surface area contributed by atoms with Gasteiger partial charge in [-0.2, -0.15) is 0 Å². The molecule has 64 valence electrons. The van der Waals surface area contributed by atoms with Crippen molar-refractivity contribution in [2.45, 2.75) is 23.6 Å². The summed E-state index contributed by atoms with van der Waals surface area (Å²) in [5.41, 5.74) is 0.0538.